The minimum atomic E-state index is -0.545. The number of para-hydroxylation sites is 1. The number of anilines is 1. The van der Waals surface area contributed by atoms with Crippen LogP contribution in [0.1, 0.15) is 12.0 Å². The van der Waals surface area contributed by atoms with Crippen molar-refractivity contribution >= 4 is 34.8 Å². The maximum atomic E-state index is 13.0. The summed E-state index contributed by atoms with van der Waals surface area (Å²) >= 11 is 6.09. The van der Waals surface area contributed by atoms with E-state index in [0.29, 0.717) is 17.2 Å². The Morgan fingerprint density at radius 2 is 1.51 bits per heavy atom. The number of nitrogens with zero attached hydrogens (tertiary/aromatic N) is 2. The van der Waals surface area contributed by atoms with Crippen LogP contribution in [0.15, 0.2) is 78.9 Å². The van der Waals surface area contributed by atoms with Gasteiger partial charge in [-0.3, -0.25) is 24.6 Å². The molecule has 8 nitrogen and oxygen atoms in total. The van der Waals surface area contributed by atoms with E-state index in [2.05, 4.69) is 12.2 Å². The average molecular weight is 517 g/mol. The van der Waals surface area contributed by atoms with Crippen LogP contribution in [0.3, 0.4) is 0 Å². The van der Waals surface area contributed by atoms with Gasteiger partial charge < -0.3 is 9.47 Å². The standard InChI is InChI=1S/C28H21ClN2O6/c29-22-2-1-3-23(31(34)35)26(22)37-21-10-4-16(5-11-21)15-36-20-12-8-19(9-13-20)30-27(32)24-17-6-7-18(14-17)25(24)28(30)33/h1-13,17-18,24-25H,14-15H2. The summed E-state index contributed by atoms with van der Waals surface area (Å²) in [5.41, 5.74) is 1.20. The second kappa shape index (κ2) is 9.05. The number of rotatable bonds is 7. The highest BCUT2D eigenvalue weighted by Gasteiger charge is 2.59. The smallest absolute Gasteiger partial charge is 0.313 e. The first kappa shape index (κ1) is 23.2. The summed E-state index contributed by atoms with van der Waals surface area (Å²) in [4.78, 5) is 38.0. The van der Waals surface area contributed by atoms with Crippen molar-refractivity contribution in [3.63, 3.8) is 0 Å². The molecule has 2 amide bonds. The van der Waals surface area contributed by atoms with E-state index in [1.807, 2.05) is 0 Å². The van der Waals surface area contributed by atoms with Gasteiger partial charge in [0.15, 0.2) is 0 Å². The molecule has 3 aromatic carbocycles. The summed E-state index contributed by atoms with van der Waals surface area (Å²) in [7, 11) is 0. The highest BCUT2D eigenvalue weighted by Crippen LogP contribution is 2.53. The monoisotopic (exact) mass is 516 g/mol. The number of hydrogen-bond acceptors (Lipinski definition) is 6. The number of carbonyl (C=O) groups excluding carboxylic acids is 2. The topological polar surface area (TPSA) is 99.0 Å². The van der Waals surface area contributed by atoms with Gasteiger partial charge in [-0.25, -0.2) is 0 Å². The normalized spacial score (nSPS) is 23.4. The number of nitro groups is 1. The number of amides is 2. The van der Waals surface area contributed by atoms with Crippen molar-refractivity contribution in [3.8, 4) is 17.2 Å². The van der Waals surface area contributed by atoms with Gasteiger partial charge in [0.1, 0.15) is 18.1 Å². The first-order chi connectivity index (χ1) is 17.9. The third kappa shape index (κ3) is 4.03. The van der Waals surface area contributed by atoms with E-state index in [9.17, 15) is 19.7 Å². The molecule has 1 aliphatic heterocycles. The third-order valence-corrected chi connectivity index (χ3v) is 7.55. The molecule has 1 saturated carbocycles. The number of halogens is 1. The fraction of sp³-hybridized carbons (Fsp3) is 0.214. The van der Waals surface area contributed by atoms with Gasteiger partial charge in [-0.15, -0.1) is 0 Å². The molecule has 0 radical (unpaired) electrons. The lowest BCUT2D eigenvalue weighted by atomic mass is 9.85. The Morgan fingerprint density at radius 1 is 0.892 bits per heavy atom. The Kier molecular flexibility index (Phi) is 5.68. The second-order valence-corrected chi connectivity index (χ2v) is 9.79. The minimum absolute atomic E-state index is 0.0132. The molecule has 3 aliphatic rings. The van der Waals surface area contributed by atoms with Crippen LogP contribution >= 0.6 is 11.6 Å². The molecule has 0 aromatic heterocycles. The van der Waals surface area contributed by atoms with Gasteiger partial charge in [0.05, 0.1) is 27.5 Å². The SMILES string of the molecule is O=C1C2C3C=CC(C3)C2C(=O)N1c1ccc(OCc2ccc(Oc3c(Cl)cccc3[N+](=O)[O-])cc2)cc1. The molecule has 37 heavy (non-hydrogen) atoms. The molecule has 2 bridgehead atoms. The summed E-state index contributed by atoms with van der Waals surface area (Å²) in [6.45, 7) is 0.270. The largest absolute Gasteiger partial charge is 0.489 e. The highest BCUT2D eigenvalue weighted by molar-refractivity contribution is 6.32. The van der Waals surface area contributed by atoms with Crippen LogP contribution in [0.25, 0.3) is 0 Å². The Morgan fingerprint density at radius 3 is 2.14 bits per heavy atom. The number of hydrogen-bond donors (Lipinski definition) is 0. The Hall–Kier alpha value is -4.17. The van der Waals surface area contributed by atoms with Gasteiger partial charge in [0.2, 0.25) is 17.6 Å². The second-order valence-electron chi connectivity index (χ2n) is 9.39. The van der Waals surface area contributed by atoms with E-state index in [-0.39, 0.29) is 58.6 Å². The first-order valence-electron chi connectivity index (χ1n) is 11.9. The molecule has 4 unspecified atom stereocenters. The van der Waals surface area contributed by atoms with Gasteiger partial charge in [0, 0.05) is 6.07 Å². The van der Waals surface area contributed by atoms with Crippen LogP contribution in [-0.4, -0.2) is 16.7 Å². The molecule has 2 aliphatic carbocycles. The lowest BCUT2D eigenvalue weighted by Gasteiger charge is -2.17. The van der Waals surface area contributed by atoms with E-state index in [0.717, 1.165) is 12.0 Å². The molecule has 1 heterocycles. The zero-order valence-corrected chi connectivity index (χ0v) is 20.2. The number of benzene rings is 3. The maximum Gasteiger partial charge on any atom is 0.313 e. The Bertz CT molecular complexity index is 1410. The fourth-order valence-corrected chi connectivity index (χ4v) is 5.74. The number of fused-ring (bicyclic) bond motifs is 5. The summed E-state index contributed by atoms with van der Waals surface area (Å²) in [6.07, 6.45) is 5.06. The number of carbonyl (C=O) groups is 2. The zero-order valence-electron chi connectivity index (χ0n) is 19.5. The van der Waals surface area contributed by atoms with Crippen molar-refractivity contribution in [3.05, 3.63) is 99.6 Å². The van der Waals surface area contributed by atoms with E-state index < -0.39 is 4.92 Å². The summed E-state index contributed by atoms with van der Waals surface area (Å²) < 4.78 is 11.5. The molecule has 2 fully saturated rings. The molecule has 3 aromatic rings. The van der Waals surface area contributed by atoms with Crippen LogP contribution in [-0.2, 0) is 16.2 Å². The van der Waals surface area contributed by atoms with Crippen molar-refractivity contribution < 1.29 is 24.0 Å². The van der Waals surface area contributed by atoms with Crippen molar-refractivity contribution in [2.45, 2.75) is 13.0 Å². The van der Waals surface area contributed by atoms with E-state index >= 15 is 0 Å². The molecule has 186 valence electrons. The number of ether oxygens (including phenoxy) is 2. The molecule has 6 rings (SSSR count). The minimum Gasteiger partial charge on any atom is -0.489 e. The van der Waals surface area contributed by atoms with Gasteiger partial charge in [-0.05, 0) is 66.3 Å². The molecule has 1 saturated heterocycles. The van der Waals surface area contributed by atoms with Crippen LogP contribution in [0, 0.1) is 33.8 Å². The van der Waals surface area contributed by atoms with Crippen LogP contribution in [0.5, 0.6) is 17.2 Å². The van der Waals surface area contributed by atoms with Gasteiger partial charge >= 0.3 is 5.69 Å². The molecule has 0 spiro atoms. The van der Waals surface area contributed by atoms with Gasteiger partial charge in [-0.1, -0.05) is 42.0 Å². The Balaban J connectivity index is 1.09. The van der Waals surface area contributed by atoms with Crippen LogP contribution in [0.4, 0.5) is 11.4 Å². The predicted molar refractivity (Wildman–Crippen MR) is 136 cm³/mol. The number of nitro benzene ring substituents is 1. The Labute approximate surface area is 217 Å². The summed E-state index contributed by atoms with van der Waals surface area (Å²) in [5.74, 6) is 0.667. The van der Waals surface area contributed by atoms with Crippen LogP contribution in [0.2, 0.25) is 5.02 Å². The summed E-state index contributed by atoms with van der Waals surface area (Å²) in [6, 6.07) is 18.2. The third-order valence-electron chi connectivity index (χ3n) is 7.26. The number of imide groups is 1. The lowest BCUT2D eigenvalue weighted by molar-refractivity contribution is -0.385. The average Bonchev–Trinajstić information content (AvgIpc) is 3.58. The van der Waals surface area contributed by atoms with Crippen molar-refractivity contribution in [2.24, 2.45) is 23.7 Å². The lowest BCUT2D eigenvalue weighted by Crippen LogP contribution is -2.32. The highest BCUT2D eigenvalue weighted by atomic mass is 35.5. The van der Waals surface area contributed by atoms with E-state index in [1.54, 1.807) is 48.5 Å². The van der Waals surface area contributed by atoms with Crippen molar-refractivity contribution in [2.75, 3.05) is 4.90 Å². The van der Waals surface area contributed by atoms with E-state index in [1.165, 1.54) is 23.1 Å². The molecular formula is C28H21ClN2O6. The molecule has 4 atom stereocenters. The molecule has 9 heteroatoms. The summed E-state index contributed by atoms with van der Waals surface area (Å²) in [5, 5.41) is 11.4. The predicted octanol–water partition coefficient (Wildman–Crippen LogP) is 5.93. The van der Waals surface area contributed by atoms with Crippen molar-refractivity contribution in [1.29, 1.82) is 0 Å². The maximum absolute atomic E-state index is 13.0. The first-order valence-corrected chi connectivity index (χ1v) is 12.3. The molecular weight excluding hydrogens is 496 g/mol. The van der Waals surface area contributed by atoms with Crippen molar-refractivity contribution in [1.82, 2.24) is 0 Å². The quantitative estimate of drug-likeness (QED) is 0.167. The van der Waals surface area contributed by atoms with Gasteiger partial charge in [0.25, 0.3) is 0 Å². The molecule has 0 N–H and O–H groups in total. The number of allylic oxidation sites excluding steroid dienone is 2. The van der Waals surface area contributed by atoms with Crippen LogP contribution < -0.4 is 14.4 Å². The van der Waals surface area contributed by atoms with E-state index in [4.69, 9.17) is 21.1 Å². The zero-order chi connectivity index (χ0) is 25.7. The van der Waals surface area contributed by atoms with Gasteiger partial charge in [-0.2, -0.15) is 0 Å². The fourth-order valence-electron chi connectivity index (χ4n) is 5.53.